The van der Waals surface area contributed by atoms with Gasteiger partial charge in [-0.15, -0.1) is 0 Å². The molecule has 0 fully saturated rings. The van der Waals surface area contributed by atoms with Gasteiger partial charge >= 0.3 is 17.3 Å². The van der Waals surface area contributed by atoms with Crippen molar-refractivity contribution in [1.29, 1.82) is 0 Å². The second-order valence-electron chi connectivity index (χ2n) is 2.81. The van der Waals surface area contributed by atoms with Crippen LogP contribution in [0.15, 0.2) is 6.07 Å². The summed E-state index contributed by atoms with van der Waals surface area (Å²) in [5.41, 5.74) is -3.63. The monoisotopic (exact) mass is 244 g/mol. The van der Waals surface area contributed by atoms with Gasteiger partial charge in [0.15, 0.2) is 0 Å². The number of carboxylic acids is 1. The summed E-state index contributed by atoms with van der Waals surface area (Å²) in [5, 5.41) is 47.9. The lowest BCUT2D eigenvalue weighted by Crippen LogP contribution is -2.02. The van der Waals surface area contributed by atoms with Crippen molar-refractivity contribution >= 4 is 17.3 Å². The van der Waals surface area contributed by atoms with Gasteiger partial charge in [-0.3, -0.25) is 20.2 Å². The van der Waals surface area contributed by atoms with Gasteiger partial charge in [0, 0.05) is 6.07 Å². The molecule has 10 heteroatoms. The molecule has 17 heavy (non-hydrogen) atoms. The van der Waals surface area contributed by atoms with Gasteiger partial charge in [-0.1, -0.05) is 0 Å². The average molecular weight is 244 g/mol. The van der Waals surface area contributed by atoms with E-state index in [9.17, 15) is 35.2 Å². The number of hydrogen-bond donors (Lipinski definition) is 3. The molecule has 0 aliphatic heterocycles. The molecule has 0 unspecified atom stereocenters. The molecule has 1 aromatic carbocycles. The summed E-state index contributed by atoms with van der Waals surface area (Å²) in [7, 11) is 0. The number of hydrogen-bond acceptors (Lipinski definition) is 7. The summed E-state index contributed by atoms with van der Waals surface area (Å²) in [6.07, 6.45) is 0. The van der Waals surface area contributed by atoms with Crippen molar-refractivity contribution in [2.75, 3.05) is 0 Å². The van der Waals surface area contributed by atoms with E-state index in [2.05, 4.69) is 0 Å². The number of carboxylic acid groups (broad SMARTS) is 1. The number of phenols is 2. The summed E-state index contributed by atoms with van der Waals surface area (Å²) < 4.78 is 0. The SMILES string of the molecule is O=C(O)c1cc([N+](=O)[O-])c(O)c([N+](=O)[O-])c1O. The zero-order valence-corrected chi connectivity index (χ0v) is 7.85. The molecule has 0 saturated heterocycles. The Morgan fingerprint density at radius 2 is 1.65 bits per heavy atom. The minimum atomic E-state index is -1.80. The van der Waals surface area contributed by atoms with Crippen molar-refractivity contribution in [3.8, 4) is 11.5 Å². The van der Waals surface area contributed by atoms with Crippen LogP contribution in [-0.2, 0) is 0 Å². The van der Waals surface area contributed by atoms with Crippen LogP contribution in [0.25, 0.3) is 0 Å². The largest absolute Gasteiger partial charge is 0.501 e. The molecule has 0 saturated carbocycles. The van der Waals surface area contributed by atoms with E-state index in [-0.39, 0.29) is 0 Å². The van der Waals surface area contributed by atoms with E-state index in [1.165, 1.54) is 0 Å². The van der Waals surface area contributed by atoms with Crippen LogP contribution < -0.4 is 0 Å². The lowest BCUT2D eigenvalue weighted by Gasteiger charge is -2.03. The number of nitro groups is 2. The highest BCUT2D eigenvalue weighted by Crippen LogP contribution is 2.44. The Morgan fingerprint density at radius 1 is 1.12 bits per heavy atom. The van der Waals surface area contributed by atoms with Crippen molar-refractivity contribution in [1.82, 2.24) is 0 Å². The molecule has 1 aromatic rings. The maximum atomic E-state index is 10.6. The maximum absolute atomic E-state index is 10.6. The van der Waals surface area contributed by atoms with Crippen molar-refractivity contribution in [3.05, 3.63) is 31.9 Å². The standard InChI is InChI=1S/C7H4N2O8/c10-5-2(7(12)13)1-3(8(14)15)6(11)4(5)9(16)17/h1,10-11H,(H,12,13). The normalized spacial score (nSPS) is 9.88. The van der Waals surface area contributed by atoms with Crippen LogP contribution >= 0.6 is 0 Å². The summed E-state index contributed by atoms with van der Waals surface area (Å²) >= 11 is 0. The molecule has 3 N–H and O–H groups in total. The number of phenolic OH excluding ortho intramolecular Hbond substituents is 1. The number of carbonyl (C=O) groups is 1. The van der Waals surface area contributed by atoms with Crippen molar-refractivity contribution in [2.24, 2.45) is 0 Å². The first-order chi connectivity index (χ1) is 7.77. The number of rotatable bonds is 3. The first-order valence-electron chi connectivity index (χ1n) is 3.88. The molecule has 0 atom stereocenters. The summed E-state index contributed by atoms with van der Waals surface area (Å²) in [6, 6.07) is 0.333. The van der Waals surface area contributed by atoms with Crippen LogP contribution in [-0.4, -0.2) is 31.1 Å². The van der Waals surface area contributed by atoms with Gasteiger partial charge in [0.1, 0.15) is 5.56 Å². The number of benzene rings is 1. The summed E-state index contributed by atoms with van der Waals surface area (Å²) in [6.45, 7) is 0. The first-order valence-corrected chi connectivity index (χ1v) is 3.88. The van der Waals surface area contributed by atoms with Gasteiger partial charge in [-0.25, -0.2) is 4.79 Å². The first kappa shape index (κ1) is 12.2. The van der Waals surface area contributed by atoms with Gasteiger partial charge in [0.05, 0.1) is 9.85 Å². The zero-order valence-electron chi connectivity index (χ0n) is 7.85. The van der Waals surface area contributed by atoms with Gasteiger partial charge in [-0.05, 0) is 0 Å². The Morgan fingerprint density at radius 3 is 2.00 bits per heavy atom. The third-order valence-electron chi connectivity index (χ3n) is 1.84. The molecular formula is C7H4N2O8. The Hall–Kier alpha value is -2.91. The van der Waals surface area contributed by atoms with E-state index in [0.29, 0.717) is 6.07 Å². The van der Waals surface area contributed by atoms with Crippen LogP contribution in [0.2, 0.25) is 0 Å². The average Bonchev–Trinajstić information content (AvgIpc) is 2.15. The number of aromatic carboxylic acids is 1. The molecule has 0 aliphatic carbocycles. The molecule has 0 bridgehead atoms. The van der Waals surface area contributed by atoms with E-state index in [0.717, 1.165) is 0 Å². The lowest BCUT2D eigenvalue weighted by atomic mass is 10.1. The molecule has 0 amide bonds. The Balaban J connectivity index is 3.76. The van der Waals surface area contributed by atoms with Crippen molar-refractivity contribution in [3.63, 3.8) is 0 Å². The molecule has 0 heterocycles. The Labute approximate surface area is 91.6 Å². The second kappa shape index (κ2) is 3.92. The molecule has 0 spiro atoms. The van der Waals surface area contributed by atoms with Crippen LogP contribution in [0.3, 0.4) is 0 Å². The highest BCUT2D eigenvalue weighted by Gasteiger charge is 2.34. The molecule has 0 aliphatic rings. The van der Waals surface area contributed by atoms with Crippen LogP contribution in [0.5, 0.6) is 11.5 Å². The molecule has 1 rings (SSSR count). The smallest absolute Gasteiger partial charge is 0.360 e. The van der Waals surface area contributed by atoms with Crippen molar-refractivity contribution < 1.29 is 30.0 Å². The number of nitrogens with zero attached hydrogens (tertiary/aromatic N) is 2. The Kier molecular flexibility index (Phi) is 2.80. The fraction of sp³-hybridized carbons (Fsp3) is 0. The van der Waals surface area contributed by atoms with E-state index in [4.69, 9.17) is 5.11 Å². The van der Waals surface area contributed by atoms with Gasteiger partial charge < -0.3 is 15.3 Å². The quantitative estimate of drug-likeness (QED) is 0.513. The molecule has 0 aromatic heterocycles. The van der Waals surface area contributed by atoms with E-state index in [1.54, 1.807) is 0 Å². The van der Waals surface area contributed by atoms with Crippen LogP contribution in [0, 0.1) is 20.2 Å². The Bertz CT molecular complexity index is 499. The van der Waals surface area contributed by atoms with Crippen molar-refractivity contribution in [2.45, 2.75) is 0 Å². The maximum Gasteiger partial charge on any atom is 0.360 e. The molecular weight excluding hydrogens is 240 g/mol. The zero-order chi connectivity index (χ0) is 13.3. The second-order valence-corrected chi connectivity index (χ2v) is 2.81. The lowest BCUT2D eigenvalue weighted by molar-refractivity contribution is -0.396. The third-order valence-corrected chi connectivity index (χ3v) is 1.84. The fourth-order valence-corrected chi connectivity index (χ4v) is 1.11. The topological polar surface area (TPSA) is 164 Å². The third kappa shape index (κ3) is 1.90. The minimum Gasteiger partial charge on any atom is -0.501 e. The predicted molar refractivity (Wildman–Crippen MR) is 50.0 cm³/mol. The molecule has 0 radical (unpaired) electrons. The van der Waals surface area contributed by atoms with E-state index < -0.39 is 44.3 Å². The predicted octanol–water partition coefficient (Wildman–Crippen LogP) is 0.612. The van der Waals surface area contributed by atoms with Gasteiger partial charge in [-0.2, -0.15) is 0 Å². The number of aromatic hydroxyl groups is 2. The minimum absolute atomic E-state index is 0.333. The van der Waals surface area contributed by atoms with Crippen LogP contribution in [0.1, 0.15) is 10.4 Å². The van der Waals surface area contributed by atoms with Gasteiger partial charge in [0.2, 0.25) is 5.75 Å². The highest BCUT2D eigenvalue weighted by molar-refractivity contribution is 5.95. The fourth-order valence-electron chi connectivity index (χ4n) is 1.11. The highest BCUT2D eigenvalue weighted by atomic mass is 16.6. The van der Waals surface area contributed by atoms with E-state index in [1.807, 2.05) is 0 Å². The summed E-state index contributed by atoms with van der Waals surface area (Å²) in [5.74, 6) is -4.54. The summed E-state index contributed by atoms with van der Waals surface area (Å²) in [4.78, 5) is 29.0. The van der Waals surface area contributed by atoms with E-state index >= 15 is 0 Å². The molecule has 90 valence electrons. The number of nitro benzene ring substituents is 2. The van der Waals surface area contributed by atoms with Gasteiger partial charge in [0.25, 0.3) is 5.75 Å². The van der Waals surface area contributed by atoms with Crippen LogP contribution in [0.4, 0.5) is 11.4 Å². The molecule has 10 nitrogen and oxygen atoms in total.